The molecule has 0 aromatic carbocycles. The molecule has 0 fully saturated rings. The maximum absolute atomic E-state index is 11.4. The fraction of sp³-hybridized carbons (Fsp3) is 0.583. The molecule has 0 atom stereocenters. The Balaban J connectivity index is 2.16. The minimum Gasteiger partial charge on any atom is -0.396 e. The second kappa shape index (κ2) is 8.03. The van der Waals surface area contributed by atoms with E-state index in [1.54, 1.807) is 6.92 Å². The zero-order chi connectivity index (χ0) is 15.0. The van der Waals surface area contributed by atoms with Gasteiger partial charge in [-0.15, -0.1) is 0 Å². The number of nitrogens with one attached hydrogen (secondary N) is 3. The third kappa shape index (κ3) is 5.59. The zero-order valence-corrected chi connectivity index (χ0v) is 11.6. The van der Waals surface area contributed by atoms with Gasteiger partial charge in [0.25, 0.3) is 0 Å². The average molecular weight is 285 g/mol. The molecule has 1 aromatic heterocycles. The van der Waals surface area contributed by atoms with Crippen molar-refractivity contribution in [2.24, 2.45) is 0 Å². The summed E-state index contributed by atoms with van der Waals surface area (Å²) in [6, 6.07) is -0.419. The van der Waals surface area contributed by atoms with Crippen molar-refractivity contribution in [3.05, 3.63) is 22.1 Å². The molecule has 8 nitrogen and oxygen atoms in total. The van der Waals surface area contributed by atoms with Gasteiger partial charge in [-0.3, -0.25) is 4.79 Å². The van der Waals surface area contributed by atoms with E-state index in [9.17, 15) is 14.4 Å². The van der Waals surface area contributed by atoms with Crippen LogP contribution >= 0.6 is 0 Å². The molecule has 0 saturated carbocycles. The molecule has 112 valence electrons. The lowest BCUT2D eigenvalue weighted by molar-refractivity contribution is -0.121. The lowest BCUT2D eigenvalue weighted by Crippen LogP contribution is -2.40. The summed E-state index contributed by atoms with van der Waals surface area (Å²) in [7, 11) is 0. The molecule has 0 aliphatic heterocycles. The molecule has 8 heteroatoms. The van der Waals surface area contributed by atoms with E-state index in [0.717, 1.165) is 6.42 Å². The fourth-order valence-electron chi connectivity index (χ4n) is 1.45. The summed E-state index contributed by atoms with van der Waals surface area (Å²) in [5.74, 6) is -0.215. The van der Waals surface area contributed by atoms with Gasteiger partial charge in [-0.05, 0) is 13.3 Å². The van der Waals surface area contributed by atoms with E-state index in [1.807, 2.05) is 6.92 Å². The summed E-state index contributed by atoms with van der Waals surface area (Å²) in [5, 5.41) is 7.74. The smallest absolute Gasteiger partial charge is 0.396 e. The van der Waals surface area contributed by atoms with Crippen LogP contribution in [-0.4, -0.2) is 25.0 Å². The van der Waals surface area contributed by atoms with Gasteiger partial charge in [0, 0.05) is 19.5 Å². The number of hydrogen-bond acceptors (Lipinski definition) is 5. The van der Waals surface area contributed by atoms with E-state index < -0.39 is 11.9 Å². The number of urea groups is 1. The number of carbonyl (C=O) groups is 2. The van der Waals surface area contributed by atoms with E-state index in [1.165, 1.54) is 0 Å². The molecule has 0 spiro atoms. The van der Waals surface area contributed by atoms with E-state index in [-0.39, 0.29) is 18.2 Å². The van der Waals surface area contributed by atoms with Gasteiger partial charge in [0.1, 0.15) is 5.76 Å². The Morgan fingerprint density at radius 2 is 1.80 bits per heavy atom. The van der Waals surface area contributed by atoms with Crippen LogP contribution in [0.15, 0.2) is 13.6 Å². The van der Waals surface area contributed by atoms with Crippen molar-refractivity contribution in [2.45, 2.75) is 33.2 Å². The molecule has 1 heterocycles. The number of rotatable bonds is 7. The van der Waals surface area contributed by atoms with Crippen molar-refractivity contribution in [1.29, 1.82) is 0 Å². The standard InChI is InChI=1S/C12H19N3O5/c1-3-4-10(16)13-5-6-14-11(17)15-7-9-8(2)19-12(18)20-9/h3-7H2,1-2H3,(H,13,16)(H2,14,15,17). The van der Waals surface area contributed by atoms with Crippen LogP contribution in [0.3, 0.4) is 0 Å². The van der Waals surface area contributed by atoms with Crippen LogP contribution in [0.1, 0.15) is 31.3 Å². The third-order valence-corrected chi connectivity index (χ3v) is 2.45. The highest BCUT2D eigenvalue weighted by Crippen LogP contribution is 2.03. The Morgan fingerprint density at radius 3 is 2.40 bits per heavy atom. The van der Waals surface area contributed by atoms with Crippen LogP contribution in [-0.2, 0) is 11.3 Å². The number of hydrogen-bond donors (Lipinski definition) is 3. The summed E-state index contributed by atoms with van der Waals surface area (Å²) in [5.41, 5.74) is 0. The predicted octanol–water partition coefficient (Wildman–Crippen LogP) is 0.257. The van der Waals surface area contributed by atoms with Crippen molar-refractivity contribution in [3.8, 4) is 0 Å². The summed E-state index contributed by atoms with van der Waals surface area (Å²) in [6.07, 6.45) is 1.26. The molecular formula is C12H19N3O5. The van der Waals surface area contributed by atoms with Crippen molar-refractivity contribution in [2.75, 3.05) is 13.1 Å². The first-order valence-electron chi connectivity index (χ1n) is 6.40. The predicted molar refractivity (Wildman–Crippen MR) is 70.1 cm³/mol. The monoisotopic (exact) mass is 285 g/mol. The van der Waals surface area contributed by atoms with Crippen LogP contribution < -0.4 is 21.8 Å². The summed E-state index contributed by atoms with van der Waals surface area (Å²) in [4.78, 5) is 33.3. The van der Waals surface area contributed by atoms with Gasteiger partial charge in [0.2, 0.25) is 5.91 Å². The minimum absolute atomic E-state index is 0.0366. The first-order chi connectivity index (χ1) is 9.52. The SMILES string of the molecule is CCCC(=O)NCCNC(=O)NCc1oc(=O)oc1C. The molecule has 0 aliphatic carbocycles. The van der Waals surface area contributed by atoms with Crippen LogP contribution in [0.4, 0.5) is 4.79 Å². The number of amides is 3. The van der Waals surface area contributed by atoms with Gasteiger partial charge in [0.05, 0.1) is 6.54 Å². The van der Waals surface area contributed by atoms with E-state index in [4.69, 9.17) is 4.42 Å². The molecular weight excluding hydrogens is 266 g/mol. The average Bonchev–Trinajstić information content (AvgIpc) is 2.71. The topological polar surface area (TPSA) is 114 Å². The molecule has 0 unspecified atom stereocenters. The quantitative estimate of drug-likeness (QED) is 0.622. The van der Waals surface area contributed by atoms with Crippen LogP contribution in [0.2, 0.25) is 0 Å². The molecule has 0 aliphatic rings. The fourth-order valence-corrected chi connectivity index (χ4v) is 1.45. The Hall–Kier alpha value is -2.25. The van der Waals surface area contributed by atoms with Gasteiger partial charge in [-0.2, -0.15) is 0 Å². The van der Waals surface area contributed by atoms with Crippen LogP contribution in [0.5, 0.6) is 0 Å². The molecule has 0 bridgehead atoms. The first kappa shape index (κ1) is 15.8. The highest BCUT2D eigenvalue weighted by molar-refractivity contribution is 5.76. The molecule has 1 aromatic rings. The maximum Gasteiger partial charge on any atom is 0.519 e. The second-order valence-electron chi connectivity index (χ2n) is 4.14. The Kier molecular flexibility index (Phi) is 6.34. The normalized spacial score (nSPS) is 10.1. The van der Waals surface area contributed by atoms with Crippen molar-refractivity contribution in [1.82, 2.24) is 16.0 Å². The largest absolute Gasteiger partial charge is 0.519 e. The van der Waals surface area contributed by atoms with Crippen molar-refractivity contribution in [3.63, 3.8) is 0 Å². The third-order valence-electron chi connectivity index (χ3n) is 2.45. The zero-order valence-electron chi connectivity index (χ0n) is 11.6. The lowest BCUT2D eigenvalue weighted by Gasteiger charge is -2.07. The van der Waals surface area contributed by atoms with E-state index in [0.29, 0.717) is 25.3 Å². The highest BCUT2D eigenvalue weighted by atomic mass is 16.6. The van der Waals surface area contributed by atoms with Gasteiger partial charge in [-0.1, -0.05) is 6.92 Å². The van der Waals surface area contributed by atoms with Gasteiger partial charge in [0.15, 0.2) is 5.76 Å². The van der Waals surface area contributed by atoms with Crippen LogP contribution in [0.25, 0.3) is 0 Å². The molecule has 3 N–H and O–H groups in total. The van der Waals surface area contributed by atoms with Crippen LogP contribution in [0, 0.1) is 6.92 Å². The highest BCUT2D eigenvalue weighted by Gasteiger charge is 2.09. The van der Waals surface area contributed by atoms with E-state index in [2.05, 4.69) is 20.4 Å². The minimum atomic E-state index is -0.793. The van der Waals surface area contributed by atoms with Crippen molar-refractivity contribution >= 4 is 11.9 Å². The Labute approximate surface area is 115 Å². The molecule has 0 saturated heterocycles. The summed E-state index contributed by atoms with van der Waals surface area (Å²) in [6.45, 7) is 4.23. The molecule has 0 radical (unpaired) electrons. The van der Waals surface area contributed by atoms with Crippen molar-refractivity contribution < 1.29 is 18.4 Å². The number of carbonyl (C=O) groups excluding carboxylic acids is 2. The number of aryl methyl sites for hydroxylation is 1. The van der Waals surface area contributed by atoms with Gasteiger partial charge >= 0.3 is 11.9 Å². The summed E-state index contributed by atoms with van der Waals surface area (Å²) < 4.78 is 9.38. The van der Waals surface area contributed by atoms with E-state index >= 15 is 0 Å². The van der Waals surface area contributed by atoms with Gasteiger partial charge < -0.3 is 24.8 Å². The van der Waals surface area contributed by atoms with Gasteiger partial charge in [-0.25, -0.2) is 9.59 Å². The molecule has 1 rings (SSSR count). The molecule has 20 heavy (non-hydrogen) atoms. The maximum atomic E-state index is 11.4. The first-order valence-corrected chi connectivity index (χ1v) is 6.40. The molecule has 3 amide bonds. The Morgan fingerprint density at radius 1 is 1.10 bits per heavy atom. The second-order valence-corrected chi connectivity index (χ2v) is 4.14. The summed E-state index contributed by atoms with van der Waals surface area (Å²) >= 11 is 0. The Bertz CT molecular complexity index is 505. The lowest BCUT2D eigenvalue weighted by atomic mass is 10.3.